The Kier molecular flexibility index (Phi) is 3.73. The van der Waals surface area contributed by atoms with Crippen molar-refractivity contribution in [2.75, 3.05) is 11.8 Å². The molecule has 0 bridgehead atoms. The van der Waals surface area contributed by atoms with Crippen LogP contribution in [0.5, 0.6) is 5.75 Å². The number of hydrogen-bond donors (Lipinski definition) is 1. The van der Waals surface area contributed by atoms with Gasteiger partial charge in [0.1, 0.15) is 10.6 Å². The highest BCUT2D eigenvalue weighted by molar-refractivity contribution is 7.92. The van der Waals surface area contributed by atoms with Gasteiger partial charge >= 0.3 is 0 Å². The summed E-state index contributed by atoms with van der Waals surface area (Å²) in [6.45, 7) is 3.69. The number of methoxy groups -OCH3 is 1. The lowest BCUT2D eigenvalue weighted by atomic mass is 10.2. The van der Waals surface area contributed by atoms with Gasteiger partial charge in [-0.25, -0.2) is 13.4 Å². The van der Waals surface area contributed by atoms with Crippen LogP contribution in [0.3, 0.4) is 0 Å². The van der Waals surface area contributed by atoms with E-state index in [2.05, 4.69) is 9.71 Å². The van der Waals surface area contributed by atoms with Gasteiger partial charge in [0.25, 0.3) is 10.0 Å². The molecular formula is C16H17N3O3S. The third kappa shape index (κ3) is 2.87. The summed E-state index contributed by atoms with van der Waals surface area (Å²) in [6.07, 6.45) is 3.65. The maximum absolute atomic E-state index is 12.8. The minimum atomic E-state index is -3.79. The van der Waals surface area contributed by atoms with Gasteiger partial charge in [-0.1, -0.05) is 6.07 Å². The standard InChI is InChI=1S/C16H17N3O3S/c1-11-6-7-14(22-3)15(9-11)23(20,21)18-13-5-4-8-19-10-12(2)17-16(13)19/h4-10,18H,1-3H3. The van der Waals surface area contributed by atoms with Crippen molar-refractivity contribution >= 4 is 21.4 Å². The van der Waals surface area contributed by atoms with E-state index in [9.17, 15) is 8.42 Å². The van der Waals surface area contributed by atoms with Crippen LogP contribution in [0, 0.1) is 13.8 Å². The average Bonchev–Trinajstić information content (AvgIpc) is 2.88. The van der Waals surface area contributed by atoms with Gasteiger partial charge in [-0.15, -0.1) is 0 Å². The van der Waals surface area contributed by atoms with E-state index in [1.807, 2.05) is 26.2 Å². The second-order valence-corrected chi connectivity index (χ2v) is 6.95. The Morgan fingerprint density at radius 3 is 2.74 bits per heavy atom. The highest BCUT2D eigenvalue weighted by atomic mass is 32.2. The summed E-state index contributed by atoms with van der Waals surface area (Å²) in [7, 11) is -2.34. The maximum Gasteiger partial charge on any atom is 0.265 e. The van der Waals surface area contributed by atoms with Crippen LogP contribution in [0.4, 0.5) is 5.69 Å². The van der Waals surface area contributed by atoms with E-state index in [0.29, 0.717) is 17.1 Å². The zero-order chi connectivity index (χ0) is 16.6. The first-order chi connectivity index (χ1) is 10.9. The van der Waals surface area contributed by atoms with Crippen LogP contribution in [-0.2, 0) is 10.0 Å². The molecule has 2 heterocycles. The van der Waals surface area contributed by atoms with E-state index >= 15 is 0 Å². The van der Waals surface area contributed by atoms with Crippen LogP contribution in [0.2, 0.25) is 0 Å². The number of aryl methyl sites for hydroxylation is 2. The Morgan fingerprint density at radius 1 is 1.22 bits per heavy atom. The van der Waals surface area contributed by atoms with Crippen molar-refractivity contribution in [1.29, 1.82) is 0 Å². The van der Waals surface area contributed by atoms with Gasteiger partial charge in [0.15, 0.2) is 5.65 Å². The van der Waals surface area contributed by atoms with E-state index in [4.69, 9.17) is 4.74 Å². The van der Waals surface area contributed by atoms with Gasteiger partial charge < -0.3 is 9.14 Å². The van der Waals surface area contributed by atoms with E-state index in [0.717, 1.165) is 11.3 Å². The normalized spacial score (nSPS) is 11.6. The van der Waals surface area contributed by atoms with Crippen molar-refractivity contribution in [3.63, 3.8) is 0 Å². The number of rotatable bonds is 4. The number of imidazole rings is 1. The van der Waals surface area contributed by atoms with Crippen molar-refractivity contribution < 1.29 is 13.2 Å². The first-order valence-electron chi connectivity index (χ1n) is 7.02. The van der Waals surface area contributed by atoms with Crippen LogP contribution >= 0.6 is 0 Å². The molecule has 0 unspecified atom stereocenters. The highest BCUT2D eigenvalue weighted by Gasteiger charge is 2.21. The lowest BCUT2D eigenvalue weighted by molar-refractivity contribution is 0.402. The van der Waals surface area contributed by atoms with Crippen LogP contribution in [0.25, 0.3) is 5.65 Å². The molecule has 0 radical (unpaired) electrons. The maximum atomic E-state index is 12.8. The van der Waals surface area contributed by atoms with Crippen LogP contribution in [0.1, 0.15) is 11.3 Å². The van der Waals surface area contributed by atoms with Crippen LogP contribution in [0.15, 0.2) is 47.6 Å². The molecule has 3 aromatic rings. The minimum Gasteiger partial charge on any atom is -0.495 e. The van der Waals surface area contributed by atoms with E-state index in [1.54, 1.807) is 34.7 Å². The summed E-state index contributed by atoms with van der Waals surface area (Å²) in [5, 5.41) is 0. The molecule has 1 aromatic carbocycles. The summed E-state index contributed by atoms with van der Waals surface area (Å²) in [5.74, 6) is 0.301. The second kappa shape index (κ2) is 5.58. The number of sulfonamides is 1. The minimum absolute atomic E-state index is 0.102. The first kappa shape index (κ1) is 15.4. The fourth-order valence-corrected chi connectivity index (χ4v) is 3.72. The van der Waals surface area contributed by atoms with Crippen molar-refractivity contribution in [3.8, 4) is 5.75 Å². The molecule has 0 aliphatic rings. The number of benzene rings is 1. The van der Waals surface area contributed by atoms with Crippen molar-refractivity contribution in [2.24, 2.45) is 0 Å². The van der Waals surface area contributed by atoms with Crippen LogP contribution in [-0.4, -0.2) is 24.9 Å². The van der Waals surface area contributed by atoms with Crippen molar-refractivity contribution in [1.82, 2.24) is 9.38 Å². The monoisotopic (exact) mass is 331 g/mol. The molecule has 0 saturated heterocycles. The molecule has 0 amide bonds. The lowest BCUT2D eigenvalue weighted by Gasteiger charge is -2.12. The molecule has 3 rings (SSSR count). The molecule has 2 aromatic heterocycles. The molecule has 0 aliphatic carbocycles. The Labute approximate surface area is 134 Å². The molecule has 0 spiro atoms. The number of hydrogen-bond acceptors (Lipinski definition) is 4. The lowest BCUT2D eigenvalue weighted by Crippen LogP contribution is -2.15. The van der Waals surface area contributed by atoms with Gasteiger partial charge in [0, 0.05) is 12.4 Å². The predicted molar refractivity (Wildman–Crippen MR) is 88.5 cm³/mol. The Morgan fingerprint density at radius 2 is 2.00 bits per heavy atom. The number of fused-ring (bicyclic) bond motifs is 1. The van der Waals surface area contributed by atoms with Gasteiger partial charge in [-0.2, -0.15) is 0 Å². The zero-order valence-electron chi connectivity index (χ0n) is 13.1. The fraction of sp³-hybridized carbons (Fsp3) is 0.188. The molecule has 0 fully saturated rings. The second-order valence-electron chi connectivity index (χ2n) is 5.29. The SMILES string of the molecule is COc1ccc(C)cc1S(=O)(=O)Nc1cccn2cc(C)nc12. The van der Waals surface area contributed by atoms with E-state index < -0.39 is 10.0 Å². The van der Waals surface area contributed by atoms with Crippen LogP contribution < -0.4 is 9.46 Å². The predicted octanol–water partition coefficient (Wildman–Crippen LogP) is 2.76. The zero-order valence-corrected chi connectivity index (χ0v) is 13.9. The molecule has 6 nitrogen and oxygen atoms in total. The number of pyridine rings is 1. The summed E-state index contributed by atoms with van der Waals surface area (Å²) in [6, 6.07) is 8.47. The number of aromatic nitrogens is 2. The van der Waals surface area contributed by atoms with Gasteiger partial charge in [0.2, 0.25) is 0 Å². The number of ether oxygens (including phenoxy) is 1. The van der Waals surface area contributed by atoms with Gasteiger partial charge in [0.05, 0.1) is 18.5 Å². The molecule has 1 N–H and O–H groups in total. The van der Waals surface area contributed by atoms with Crippen molar-refractivity contribution in [3.05, 3.63) is 54.0 Å². The van der Waals surface area contributed by atoms with Gasteiger partial charge in [-0.3, -0.25) is 4.72 Å². The summed E-state index contributed by atoms with van der Waals surface area (Å²) >= 11 is 0. The van der Waals surface area contributed by atoms with E-state index in [1.165, 1.54) is 7.11 Å². The number of nitrogens with one attached hydrogen (secondary N) is 1. The van der Waals surface area contributed by atoms with E-state index in [-0.39, 0.29) is 4.90 Å². The number of anilines is 1. The average molecular weight is 331 g/mol. The Hall–Kier alpha value is -2.54. The molecule has 0 atom stereocenters. The number of nitrogens with zero attached hydrogens (tertiary/aromatic N) is 2. The molecule has 0 aliphatic heterocycles. The Bertz CT molecular complexity index is 977. The molecule has 23 heavy (non-hydrogen) atoms. The Balaban J connectivity index is 2.09. The first-order valence-corrected chi connectivity index (χ1v) is 8.51. The smallest absolute Gasteiger partial charge is 0.265 e. The third-order valence-corrected chi connectivity index (χ3v) is 4.84. The molecule has 0 saturated carbocycles. The topological polar surface area (TPSA) is 72.7 Å². The highest BCUT2D eigenvalue weighted by Crippen LogP contribution is 2.28. The summed E-state index contributed by atoms with van der Waals surface area (Å²) < 4.78 is 35.1. The fourth-order valence-electron chi connectivity index (χ4n) is 2.41. The molecule has 7 heteroatoms. The molecular weight excluding hydrogens is 314 g/mol. The third-order valence-electron chi connectivity index (χ3n) is 3.46. The largest absolute Gasteiger partial charge is 0.495 e. The summed E-state index contributed by atoms with van der Waals surface area (Å²) in [4.78, 5) is 4.46. The quantitative estimate of drug-likeness (QED) is 0.798. The summed E-state index contributed by atoms with van der Waals surface area (Å²) in [5.41, 5.74) is 2.62. The molecule has 120 valence electrons. The van der Waals surface area contributed by atoms with Crippen molar-refractivity contribution in [2.45, 2.75) is 18.7 Å². The van der Waals surface area contributed by atoms with Gasteiger partial charge in [-0.05, 0) is 43.7 Å².